The highest BCUT2D eigenvalue weighted by molar-refractivity contribution is 7.99. The summed E-state index contributed by atoms with van der Waals surface area (Å²) in [6, 6.07) is 16.6. The zero-order chi connectivity index (χ0) is 26.6. The second kappa shape index (κ2) is 11.6. The Hall–Kier alpha value is -2.72. The number of ether oxygens (including phenoxy) is 1. The topological polar surface area (TPSA) is 46.4 Å². The summed E-state index contributed by atoms with van der Waals surface area (Å²) in [7, 11) is 2.02. The molecule has 2 aliphatic heterocycles. The molecule has 1 aromatic heterocycles. The number of thioether (sulfide) groups is 1. The predicted octanol–water partition coefficient (Wildman–Crippen LogP) is 6.25. The van der Waals surface area contributed by atoms with Gasteiger partial charge in [0.1, 0.15) is 0 Å². The Balaban J connectivity index is 1.05. The number of nitrogens with zero attached hydrogens (tertiary/aromatic N) is 5. The summed E-state index contributed by atoms with van der Waals surface area (Å²) in [5.74, 6) is 1.77. The SMILES string of the molecule is Cn1c(SCCCN2CCC3(CC2)CCN(c2ccccc2OC(F)(F)F)CC3)nnc1-c1ccccc1. The molecule has 1 spiro atoms. The fraction of sp³-hybridized carbons (Fsp3) is 0.500. The molecule has 0 unspecified atom stereocenters. The molecule has 2 aromatic carbocycles. The number of halogens is 3. The van der Waals surface area contributed by atoms with E-state index in [1.165, 1.54) is 6.07 Å². The Morgan fingerprint density at radius 3 is 2.26 bits per heavy atom. The van der Waals surface area contributed by atoms with Gasteiger partial charge in [0.05, 0.1) is 5.69 Å². The van der Waals surface area contributed by atoms with Crippen LogP contribution in [0.4, 0.5) is 18.9 Å². The van der Waals surface area contributed by atoms with E-state index in [1.54, 1.807) is 30.0 Å². The summed E-state index contributed by atoms with van der Waals surface area (Å²) in [5, 5.41) is 9.69. The molecule has 2 aliphatic rings. The van der Waals surface area contributed by atoms with Crippen LogP contribution in [0.5, 0.6) is 5.75 Å². The molecule has 2 fully saturated rings. The number of likely N-dealkylation sites (tertiary alicyclic amines) is 1. The molecule has 10 heteroatoms. The third-order valence-corrected chi connectivity index (χ3v) is 9.00. The van der Waals surface area contributed by atoms with Gasteiger partial charge in [-0.3, -0.25) is 0 Å². The van der Waals surface area contributed by atoms with Gasteiger partial charge in [0.2, 0.25) is 0 Å². The first-order chi connectivity index (χ1) is 18.3. The molecule has 0 bridgehead atoms. The first kappa shape index (κ1) is 26.9. The summed E-state index contributed by atoms with van der Waals surface area (Å²) in [4.78, 5) is 4.60. The second-order valence-corrected chi connectivity index (χ2v) is 11.3. The molecule has 0 aliphatic carbocycles. The van der Waals surface area contributed by atoms with Gasteiger partial charge in [-0.25, -0.2) is 0 Å². The van der Waals surface area contributed by atoms with Gasteiger partial charge < -0.3 is 19.1 Å². The highest BCUT2D eigenvalue weighted by atomic mass is 32.2. The minimum absolute atomic E-state index is 0.110. The normalized spacial score (nSPS) is 18.2. The molecular formula is C28H34F3N5OS. The van der Waals surface area contributed by atoms with Crippen LogP contribution in [0.15, 0.2) is 59.8 Å². The maximum absolute atomic E-state index is 12.8. The number of aromatic nitrogens is 3. The molecule has 0 radical (unpaired) electrons. The maximum atomic E-state index is 12.8. The number of anilines is 1. The minimum Gasteiger partial charge on any atom is -0.404 e. The number of hydrogen-bond donors (Lipinski definition) is 0. The van der Waals surface area contributed by atoms with Crippen molar-refractivity contribution < 1.29 is 17.9 Å². The Morgan fingerprint density at radius 1 is 0.895 bits per heavy atom. The van der Waals surface area contributed by atoms with E-state index in [0.29, 0.717) is 11.1 Å². The molecule has 3 heterocycles. The lowest BCUT2D eigenvalue weighted by Gasteiger charge is -2.47. The van der Waals surface area contributed by atoms with Crippen molar-refractivity contribution in [1.82, 2.24) is 19.7 Å². The number of piperidine rings is 2. The number of alkyl halides is 3. The zero-order valence-electron chi connectivity index (χ0n) is 21.7. The third kappa shape index (κ3) is 6.46. The van der Waals surface area contributed by atoms with Gasteiger partial charge in [0.15, 0.2) is 16.7 Å². The first-order valence-electron chi connectivity index (χ1n) is 13.2. The van der Waals surface area contributed by atoms with E-state index < -0.39 is 6.36 Å². The quantitative estimate of drug-likeness (QED) is 0.247. The van der Waals surface area contributed by atoms with E-state index in [4.69, 9.17) is 0 Å². The van der Waals surface area contributed by atoms with E-state index in [1.807, 2.05) is 42.3 Å². The molecule has 0 amide bonds. The molecule has 6 nitrogen and oxygen atoms in total. The third-order valence-electron chi connectivity index (χ3n) is 7.89. The van der Waals surface area contributed by atoms with Crippen LogP contribution in [0.2, 0.25) is 0 Å². The lowest BCUT2D eigenvalue weighted by Crippen LogP contribution is -2.47. The van der Waals surface area contributed by atoms with Crippen molar-refractivity contribution in [1.29, 1.82) is 0 Å². The van der Waals surface area contributed by atoms with E-state index in [0.717, 1.165) is 87.1 Å². The molecule has 38 heavy (non-hydrogen) atoms. The molecule has 3 aromatic rings. The van der Waals surface area contributed by atoms with Gasteiger partial charge >= 0.3 is 6.36 Å². The van der Waals surface area contributed by atoms with Crippen molar-refractivity contribution >= 4 is 17.4 Å². The van der Waals surface area contributed by atoms with Gasteiger partial charge in [-0.05, 0) is 69.3 Å². The molecule has 2 saturated heterocycles. The van der Waals surface area contributed by atoms with Crippen LogP contribution >= 0.6 is 11.8 Å². The van der Waals surface area contributed by atoms with Crippen molar-refractivity contribution in [2.75, 3.05) is 43.4 Å². The van der Waals surface area contributed by atoms with Gasteiger partial charge in [0.25, 0.3) is 0 Å². The van der Waals surface area contributed by atoms with E-state index in [2.05, 4.69) is 24.4 Å². The Morgan fingerprint density at radius 2 is 1.55 bits per heavy atom. The van der Waals surface area contributed by atoms with Crippen molar-refractivity contribution in [2.45, 2.75) is 43.6 Å². The van der Waals surface area contributed by atoms with Crippen LogP contribution in [-0.4, -0.2) is 64.5 Å². The highest BCUT2D eigenvalue weighted by Gasteiger charge is 2.38. The molecule has 204 valence electrons. The molecule has 0 saturated carbocycles. The average molecular weight is 546 g/mol. The van der Waals surface area contributed by atoms with Crippen LogP contribution < -0.4 is 9.64 Å². The summed E-state index contributed by atoms with van der Waals surface area (Å²) >= 11 is 1.75. The van der Waals surface area contributed by atoms with Gasteiger partial charge in [-0.1, -0.05) is 54.2 Å². The lowest BCUT2D eigenvalue weighted by molar-refractivity contribution is -0.274. The van der Waals surface area contributed by atoms with Gasteiger partial charge in [-0.15, -0.1) is 23.4 Å². The molecule has 0 N–H and O–H groups in total. The fourth-order valence-corrected chi connectivity index (χ4v) is 6.47. The summed E-state index contributed by atoms with van der Waals surface area (Å²) in [5.41, 5.74) is 1.91. The Labute approximate surface area is 226 Å². The van der Waals surface area contributed by atoms with Crippen LogP contribution in [0.3, 0.4) is 0 Å². The Bertz CT molecular complexity index is 1180. The predicted molar refractivity (Wildman–Crippen MR) is 144 cm³/mol. The van der Waals surface area contributed by atoms with Crippen LogP contribution in [-0.2, 0) is 7.05 Å². The highest BCUT2D eigenvalue weighted by Crippen LogP contribution is 2.44. The van der Waals surface area contributed by atoms with E-state index in [-0.39, 0.29) is 5.75 Å². The van der Waals surface area contributed by atoms with Crippen molar-refractivity contribution in [3.05, 3.63) is 54.6 Å². The van der Waals surface area contributed by atoms with Gasteiger partial charge in [0, 0.05) is 31.5 Å². The van der Waals surface area contributed by atoms with Crippen molar-refractivity contribution in [3.63, 3.8) is 0 Å². The average Bonchev–Trinajstić information content (AvgIpc) is 3.28. The van der Waals surface area contributed by atoms with E-state index >= 15 is 0 Å². The molecule has 0 atom stereocenters. The maximum Gasteiger partial charge on any atom is 0.573 e. The smallest absolute Gasteiger partial charge is 0.404 e. The number of benzene rings is 2. The summed E-state index contributed by atoms with van der Waals surface area (Å²) in [6.45, 7) is 4.76. The van der Waals surface area contributed by atoms with Crippen molar-refractivity contribution in [2.24, 2.45) is 12.5 Å². The number of para-hydroxylation sites is 2. The standard InChI is InChI=1S/C28H34F3N5OS/c1-34-25(22-8-3-2-4-9-22)32-33-26(34)38-21-7-16-35-17-12-27(13-18-35)14-19-36(20-15-27)23-10-5-6-11-24(23)37-28(29,30)31/h2-6,8-11H,7,12-21H2,1H3. The lowest BCUT2D eigenvalue weighted by atomic mass is 9.71. The van der Waals surface area contributed by atoms with Gasteiger partial charge in [-0.2, -0.15) is 0 Å². The molecular weight excluding hydrogens is 511 g/mol. The number of hydrogen-bond acceptors (Lipinski definition) is 6. The first-order valence-corrected chi connectivity index (χ1v) is 14.2. The van der Waals surface area contributed by atoms with Crippen molar-refractivity contribution in [3.8, 4) is 17.1 Å². The second-order valence-electron chi connectivity index (χ2n) is 10.3. The largest absolute Gasteiger partial charge is 0.573 e. The summed E-state index contributed by atoms with van der Waals surface area (Å²) in [6.07, 6.45) is 0.726. The zero-order valence-corrected chi connectivity index (χ0v) is 22.5. The summed E-state index contributed by atoms with van der Waals surface area (Å²) < 4.78 is 44.9. The van der Waals surface area contributed by atoms with Crippen LogP contribution in [0.1, 0.15) is 32.1 Å². The van der Waals surface area contributed by atoms with Crippen LogP contribution in [0, 0.1) is 5.41 Å². The molecule has 5 rings (SSSR count). The minimum atomic E-state index is -4.68. The van der Waals surface area contributed by atoms with E-state index in [9.17, 15) is 13.2 Å². The van der Waals surface area contributed by atoms with Crippen LogP contribution in [0.25, 0.3) is 11.4 Å². The number of rotatable bonds is 8. The Kier molecular flexibility index (Phi) is 8.18. The monoisotopic (exact) mass is 545 g/mol. The fourth-order valence-electron chi connectivity index (χ4n) is 5.63.